The highest BCUT2D eigenvalue weighted by Gasteiger charge is 2.14. The molecular weight excluding hydrogens is 352 g/mol. The summed E-state index contributed by atoms with van der Waals surface area (Å²) in [6, 6.07) is 12.9. The zero-order valence-corrected chi connectivity index (χ0v) is 14.0. The molecule has 0 aliphatic carbocycles. The van der Waals surface area contributed by atoms with Crippen LogP contribution in [0.4, 0.5) is 0 Å². The molecule has 0 aliphatic rings. The monoisotopic (exact) mass is 364 g/mol. The van der Waals surface area contributed by atoms with E-state index in [0.717, 1.165) is 0 Å². The van der Waals surface area contributed by atoms with E-state index in [1.807, 2.05) is 0 Å². The lowest BCUT2D eigenvalue weighted by molar-refractivity contribution is 0.480. The van der Waals surface area contributed by atoms with E-state index in [9.17, 15) is 13.2 Å². The molecule has 0 fully saturated rings. The molecule has 0 saturated carbocycles. The molecule has 6 nitrogen and oxygen atoms in total. The molecule has 0 spiro atoms. The number of hydrogen-bond acceptors (Lipinski definition) is 5. The number of nitrogens with zero attached hydrogens (tertiary/aromatic N) is 2. The van der Waals surface area contributed by atoms with Gasteiger partial charge >= 0.3 is 10.1 Å². The fourth-order valence-electron chi connectivity index (χ4n) is 2.17. The molecule has 124 valence electrons. The molecule has 0 unspecified atom stereocenters. The van der Waals surface area contributed by atoms with Crippen molar-refractivity contribution in [3.63, 3.8) is 0 Å². The number of benzene rings is 2. The van der Waals surface area contributed by atoms with Gasteiger partial charge in [-0.05, 0) is 30.3 Å². The Kier molecular flexibility index (Phi) is 4.55. The van der Waals surface area contributed by atoms with Crippen molar-refractivity contribution in [2.75, 3.05) is 5.75 Å². The van der Waals surface area contributed by atoms with Gasteiger partial charge in [0.15, 0.2) is 0 Å². The van der Waals surface area contributed by atoms with E-state index in [-0.39, 0.29) is 23.6 Å². The maximum Gasteiger partial charge on any atom is 0.310 e. The molecule has 0 aliphatic heterocycles. The summed E-state index contributed by atoms with van der Waals surface area (Å²) in [6.07, 6.45) is 1.30. The van der Waals surface area contributed by atoms with Crippen LogP contribution in [0.25, 0.3) is 10.9 Å². The van der Waals surface area contributed by atoms with Gasteiger partial charge in [-0.1, -0.05) is 29.8 Å². The van der Waals surface area contributed by atoms with Gasteiger partial charge in [0.05, 0.1) is 17.2 Å². The highest BCUT2D eigenvalue weighted by Crippen LogP contribution is 2.14. The molecule has 0 atom stereocenters. The van der Waals surface area contributed by atoms with Gasteiger partial charge in [-0.3, -0.25) is 9.36 Å². The van der Waals surface area contributed by atoms with Crippen LogP contribution in [0.3, 0.4) is 0 Å². The predicted molar refractivity (Wildman–Crippen MR) is 91.9 cm³/mol. The van der Waals surface area contributed by atoms with Gasteiger partial charge in [0.25, 0.3) is 5.56 Å². The Morgan fingerprint density at radius 2 is 1.88 bits per heavy atom. The molecule has 0 amide bonds. The first kappa shape index (κ1) is 16.5. The summed E-state index contributed by atoms with van der Waals surface area (Å²) in [5.41, 5.74) is 0.138. The quantitative estimate of drug-likeness (QED) is 0.650. The van der Waals surface area contributed by atoms with Crippen LogP contribution in [0.15, 0.2) is 59.7 Å². The van der Waals surface area contributed by atoms with E-state index in [1.165, 1.54) is 10.9 Å². The Bertz CT molecular complexity index is 1030. The molecule has 2 aromatic carbocycles. The van der Waals surface area contributed by atoms with Crippen molar-refractivity contribution in [2.45, 2.75) is 6.54 Å². The third kappa shape index (κ3) is 3.74. The van der Waals surface area contributed by atoms with E-state index in [4.69, 9.17) is 15.8 Å². The SMILES string of the molecule is O=c1c2ccc(Cl)cc2ncn1CCS(=O)(=O)Oc1ccccc1. The van der Waals surface area contributed by atoms with E-state index in [0.29, 0.717) is 15.9 Å². The smallest absolute Gasteiger partial charge is 0.310 e. The first-order valence-corrected chi connectivity index (χ1v) is 9.02. The van der Waals surface area contributed by atoms with Crippen LogP contribution in [-0.2, 0) is 16.7 Å². The number of aryl methyl sites for hydroxylation is 1. The summed E-state index contributed by atoms with van der Waals surface area (Å²) >= 11 is 5.86. The van der Waals surface area contributed by atoms with E-state index < -0.39 is 10.1 Å². The van der Waals surface area contributed by atoms with E-state index in [2.05, 4.69) is 4.98 Å². The van der Waals surface area contributed by atoms with Crippen molar-refractivity contribution >= 4 is 32.6 Å². The average molecular weight is 365 g/mol. The summed E-state index contributed by atoms with van der Waals surface area (Å²) in [5.74, 6) is -0.112. The number of aromatic nitrogens is 2. The summed E-state index contributed by atoms with van der Waals surface area (Å²) in [4.78, 5) is 16.5. The average Bonchev–Trinajstić information content (AvgIpc) is 2.54. The van der Waals surface area contributed by atoms with Crippen LogP contribution in [0.2, 0.25) is 5.02 Å². The third-order valence-electron chi connectivity index (χ3n) is 3.34. The van der Waals surface area contributed by atoms with Gasteiger partial charge in [-0.15, -0.1) is 0 Å². The molecule has 0 bridgehead atoms. The predicted octanol–water partition coefficient (Wildman–Crippen LogP) is 2.46. The number of fused-ring (bicyclic) bond motifs is 1. The second-order valence-electron chi connectivity index (χ2n) is 5.06. The topological polar surface area (TPSA) is 78.3 Å². The fourth-order valence-corrected chi connectivity index (χ4v) is 3.24. The van der Waals surface area contributed by atoms with Crippen LogP contribution in [0, 0.1) is 0 Å². The highest BCUT2D eigenvalue weighted by molar-refractivity contribution is 7.87. The molecule has 3 aromatic rings. The van der Waals surface area contributed by atoms with Crippen molar-refractivity contribution in [3.05, 3.63) is 70.2 Å². The number of hydrogen-bond donors (Lipinski definition) is 0. The van der Waals surface area contributed by atoms with Crippen molar-refractivity contribution in [2.24, 2.45) is 0 Å². The summed E-state index contributed by atoms with van der Waals surface area (Å²) in [5, 5.41) is 0.856. The lowest BCUT2D eigenvalue weighted by Gasteiger charge is -2.09. The van der Waals surface area contributed by atoms with Gasteiger partial charge < -0.3 is 4.18 Å². The second kappa shape index (κ2) is 6.62. The van der Waals surface area contributed by atoms with Crippen molar-refractivity contribution in [1.82, 2.24) is 9.55 Å². The van der Waals surface area contributed by atoms with E-state index in [1.54, 1.807) is 48.5 Å². The molecular formula is C16H13ClN2O4S. The van der Waals surface area contributed by atoms with Crippen molar-refractivity contribution in [3.8, 4) is 5.75 Å². The lowest BCUT2D eigenvalue weighted by Crippen LogP contribution is -2.26. The van der Waals surface area contributed by atoms with Gasteiger partial charge in [0.2, 0.25) is 0 Å². The van der Waals surface area contributed by atoms with Gasteiger partial charge in [0.1, 0.15) is 11.5 Å². The zero-order chi connectivity index (χ0) is 17.2. The Morgan fingerprint density at radius 3 is 2.62 bits per heavy atom. The standard InChI is InChI=1S/C16H13ClN2O4S/c17-12-6-7-14-15(10-12)18-11-19(16(14)20)8-9-24(21,22)23-13-4-2-1-3-5-13/h1-7,10-11H,8-9H2. The fraction of sp³-hybridized carbons (Fsp3) is 0.125. The lowest BCUT2D eigenvalue weighted by atomic mass is 10.2. The van der Waals surface area contributed by atoms with Gasteiger partial charge in [-0.2, -0.15) is 8.42 Å². The first-order chi connectivity index (χ1) is 11.4. The molecule has 0 radical (unpaired) electrons. The van der Waals surface area contributed by atoms with Crippen molar-refractivity contribution < 1.29 is 12.6 Å². The molecule has 1 aromatic heterocycles. The van der Waals surface area contributed by atoms with Crippen LogP contribution < -0.4 is 9.74 Å². The number of halogens is 1. The van der Waals surface area contributed by atoms with Crippen LogP contribution in [0.1, 0.15) is 0 Å². The van der Waals surface area contributed by atoms with Crippen LogP contribution in [0.5, 0.6) is 5.75 Å². The minimum Gasteiger partial charge on any atom is -0.382 e. The van der Waals surface area contributed by atoms with Gasteiger partial charge in [-0.25, -0.2) is 4.98 Å². The Labute approximate surface area is 143 Å². The maximum atomic E-state index is 12.4. The molecule has 24 heavy (non-hydrogen) atoms. The highest BCUT2D eigenvalue weighted by atomic mass is 35.5. The van der Waals surface area contributed by atoms with Gasteiger partial charge in [0, 0.05) is 11.6 Å². The maximum absolute atomic E-state index is 12.4. The largest absolute Gasteiger partial charge is 0.382 e. The molecule has 0 N–H and O–H groups in total. The summed E-state index contributed by atoms with van der Waals surface area (Å²) < 4.78 is 30.3. The summed E-state index contributed by atoms with van der Waals surface area (Å²) in [6.45, 7) is -0.0560. The molecule has 1 heterocycles. The van der Waals surface area contributed by atoms with Crippen LogP contribution in [-0.4, -0.2) is 23.7 Å². The zero-order valence-electron chi connectivity index (χ0n) is 12.4. The minimum atomic E-state index is -3.82. The summed E-state index contributed by atoms with van der Waals surface area (Å²) in [7, 11) is -3.82. The number of rotatable bonds is 5. The minimum absolute atomic E-state index is 0.0560. The Hall–Kier alpha value is -2.38. The van der Waals surface area contributed by atoms with Crippen LogP contribution >= 0.6 is 11.6 Å². The second-order valence-corrected chi connectivity index (χ2v) is 7.19. The normalized spacial score (nSPS) is 11.5. The molecule has 0 saturated heterocycles. The van der Waals surface area contributed by atoms with Crippen molar-refractivity contribution in [1.29, 1.82) is 0 Å². The van der Waals surface area contributed by atoms with E-state index >= 15 is 0 Å². The Morgan fingerprint density at radius 1 is 1.12 bits per heavy atom. The first-order valence-electron chi connectivity index (χ1n) is 7.06. The Balaban J connectivity index is 1.79. The molecule has 8 heteroatoms. The number of para-hydroxylation sites is 1. The molecule has 3 rings (SSSR count). The third-order valence-corrected chi connectivity index (χ3v) is 4.70.